The van der Waals surface area contributed by atoms with E-state index in [9.17, 15) is 9.59 Å². The number of ether oxygens (including phenoxy) is 1. The largest absolute Gasteiger partial charge is 0.422 e. The zero-order chi connectivity index (χ0) is 22.5. The molecule has 7 heteroatoms. The van der Waals surface area contributed by atoms with Crippen molar-refractivity contribution in [1.29, 1.82) is 0 Å². The zero-order valence-electron chi connectivity index (χ0n) is 16.6. The number of carbonyl (C=O) groups excluding carboxylic acids is 2. The number of benzene rings is 4. The molecule has 0 heterocycles. The minimum absolute atomic E-state index is 0.225. The van der Waals surface area contributed by atoms with Crippen LogP contribution in [0.3, 0.4) is 0 Å². The minimum Gasteiger partial charge on any atom is -0.422 e. The van der Waals surface area contributed by atoms with E-state index in [1.807, 2.05) is 36.4 Å². The van der Waals surface area contributed by atoms with Crippen molar-refractivity contribution in [2.45, 2.75) is 0 Å². The number of fused-ring (bicyclic) bond motifs is 1. The summed E-state index contributed by atoms with van der Waals surface area (Å²) in [5.41, 5.74) is 3.65. The van der Waals surface area contributed by atoms with Crippen LogP contribution < -0.4 is 10.2 Å². The molecule has 0 aliphatic rings. The first-order chi connectivity index (χ1) is 15.5. The van der Waals surface area contributed by atoms with Gasteiger partial charge in [0.25, 0.3) is 5.91 Å². The summed E-state index contributed by atoms with van der Waals surface area (Å²) in [5, 5.41) is 6.50. The van der Waals surface area contributed by atoms with Crippen molar-refractivity contribution in [2.75, 3.05) is 0 Å². The van der Waals surface area contributed by atoms with Crippen LogP contribution >= 0.6 is 23.2 Å². The summed E-state index contributed by atoms with van der Waals surface area (Å²) in [6.45, 7) is 0. The molecular weight excluding hydrogens is 447 g/mol. The van der Waals surface area contributed by atoms with Gasteiger partial charge in [0.2, 0.25) is 0 Å². The van der Waals surface area contributed by atoms with Crippen molar-refractivity contribution in [3.63, 3.8) is 0 Å². The van der Waals surface area contributed by atoms with Gasteiger partial charge in [-0.3, -0.25) is 4.79 Å². The second-order valence-corrected chi connectivity index (χ2v) is 7.62. The highest BCUT2D eigenvalue weighted by molar-refractivity contribution is 6.33. The van der Waals surface area contributed by atoms with Crippen molar-refractivity contribution in [2.24, 2.45) is 5.10 Å². The third-order valence-electron chi connectivity index (χ3n) is 4.67. The lowest BCUT2D eigenvalue weighted by molar-refractivity contribution is 0.0734. The Hall–Kier alpha value is -3.67. The SMILES string of the molecule is O=C(Oc1ccc(Cl)cc1/C=N/NC(=O)c1cccc2ccccc12)c1ccccc1Cl. The van der Waals surface area contributed by atoms with Gasteiger partial charge in [-0.25, -0.2) is 10.2 Å². The van der Waals surface area contributed by atoms with Gasteiger partial charge in [-0.15, -0.1) is 0 Å². The molecule has 0 saturated heterocycles. The molecule has 0 aliphatic heterocycles. The van der Waals surface area contributed by atoms with Crippen LogP contribution in [0.5, 0.6) is 5.75 Å². The first-order valence-corrected chi connectivity index (χ1v) is 10.4. The van der Waals surface area contributed by atoms with Gasteiger partial charge in [0, 0.05) is 16.1 Å². The molecule has 4 rings (SSSR count). The third kappa shape index (κ3) is 4.80. The van der Waals surface area contributed by atoms with Crippen molar-refractivity contribution in [3.8, 4) is 5.75 Å². The van der Waals surface area contributed by atoms with Gasteiger partial charge in [-0.05, 0) is 47.2 Å². The molecule has 0 unspecified atom stereocenters. The van der Waals surface area contributed by atoms with E-state index in [1.54, 1.807) is 48.5 Å². The van der Waals surface area contributed by atoms with E-state index in [-0.39, 0.29) is 22.2 Å². The number of hydrazone groups is 1. The van der Waals surface area contributed by atoms with Crippen LogP contribution in [-0.2, 0) is 0 Å². The topological polar surface area (TPSA) is 67.8 Å². The number of rotatable bonds is 5. The second kappa shape index (κ2) is 9.64. The Labute approximate surface area is 194 Å². The Morgan fingerprint density at radius 3 is 2.41 bits per heavy atom. The molecule has 0 aromatic heterocycles. The predicted octanol–water partition coefficient (Wildman–Crippen LogP) is 6.13. The molecule has 0 bridgehead atoms. The van der Waals surface area contributed by atoms with E-state index in [4.69, 9.17) is 27.9 Å². The number of nitrogens with one attached hydrogen (secondary N) is 1. The number of nitrogens with zero attached hydrogens (tertiary/aromatic N) is 1. The fourth-order valence-electron chi connectivity index (χ4n) is 3.14. The smallest absolute Gasteiger partial charge is 0.345 e. The molecule has 158 valence electrons. The van der Waals surface area contributed by atoms with Crippen LogP contribution in [0, 0.1) is 0 Å². The van der Waals surface area contributed by atoms with Crippen molar-refractivity contribution in [3.05, 3.63) is 112 Å². The summed E-state index contributed by atoms with van der Waals surface area (Å²) in [6.07, 6.45) is 1.37. The molecule has 0 fully saturated rings. The highest BCUT2D eigenvalue weighted by atomic mass is 35.5. The Bertz CT molecular complexity index is 1350. The summed E-state index contributed by atoms with van der Waals surface area (Å²) in [7, 11) is 0. The number of amides is 1. The molecule has 1 N–H and O–H groups in total. The van der Waals surface area contributed by atoms with E-state index in [0.29, 0.717) is 16.1 Å². The van der Waals surface area contributed by atoms with Crippen LogP contribution in [-0.4, -0.2) is 18.1 Å². The number of hydrogen-bond donors (Lipinski definition) is 1. The first kappa shape index (κ1) is 21.6. The maximum atomic E-state index is 12.7. The van der Waals surface area contributed by atoms with E-state index in [1.165, 1.54) is 6.21 Å². The molecule has 4 aromatic rings. The molecule has 32 heavy (non-hydrogen) atoms. The van der Waals surface area contributed by atoms with Crippen LogP contribution in [0.15, 0.2) is 90.0 Å². The third-order valence-corrected chi connectivity index (χ3v) is 5.24. The molecule has 4 aromatic carbocycles. The van der Waals surface area contributed by atoms with Gasteiger partial charge in [-0.2, -0.15) is 5.10 Å². The monoisotopic (exact) mass is 462 g/mol. The van der Waals surface area contributed by atoms with Crippen LogP contribution in [0.25, 0.3) is 10.8 Å². The summed E-state index contributed by atoms with van der Waals surface area (Å²) in [5.74, 6) is -0.760. The van der Waals surface area contributed by atoms with Crippen molar-refractivity contribution >= 4 is 52.1 Å². The van der Waals surface area contributed by atoms with Crippen LogP contribution in [0.4, 0.5) is 0 Å². The van der Waals surface area contributed by atoms with Crippen molar-refractivity contribution in [1.82, 2.24) is 5.43 Å². The lowest BCUT2D eigenvalue weighted by Crippen LogP contribution is -2.18. The van der Waals surface area contributed by atoms with Crippen molar-refractivity contribution < 1.29 is 14.3 Å². The number of hydrogen-bond acceptors (Lipinski definition) is 4. The van der Waals surface area contributed by atoms with E-state index >= 15 is 0 Å². The highest BCUT2D eigenvalue weighted by Crippen LogP contribution is 2.24. The average molecular weight is 463 g/mol. The first-order valence-electron chi connectivity index (χ1n) is 9.60. The standard InChI is InChI=1S/C25H16Cl2N2O3/c26-18-12-13-23(32-25(31)21-9-3-4-11-22(21)27)17(14-18)15-28-29-24(30)20-10-5-7-16-6-1-2-8-19(16)20/h1-15H,(H,29,30)/b28-15+. The highest BCUT2D eigenvalue weighted by Gasteiger charge is 2.15. The summed E-state index contributed by atoms with van der Waals surface area (Å²) >= 11 is 12.2. The van der Waals surface area contributed by atoms with E-state index in [0.717, 1.165) is 10.8 Å². The maximum absolute atomic E-state index is 12.7. The molecule has 1 amide bonds. The lowest BCUT2D eigenvalue weighted by Gasteiger charge is -2.09. The molecular formula is C25H16Cl2N2O3. The summed E-state index contributed by atoms with van der Waals surface area (Å²) in [4.78, 5) is 25.2. The van der Waals surface area contributed by atoms with E-state index < -0.39 is 5.97 Å². The fourth-order valence-corrected chi connectivity index (χ4v) is 3.53. The molecule has 0 atom stereocenters. The Balaban J connectivity index is 1.54. The van der Waals surface area contributed by atoms with E-state index in [2.05, 4.69) is 10.5 Å². The molecule has 0 spiro atoms. The van der Waals surface area contributed by atoms with Crippen LogP contribution in [0.2, 0.25) is 10.0 Å². The average Bonchev–Trinajstić information content (AvgIpc) is 2.80. The molecule has 0 aliphatic carbocycles. The van der Waals surface area contributed by atoms with Gasteiger partial charge in [0.1, 0.15) is 5.75 Å². The quantitative estimate of drug-likeness (QED) is 0.168. The normalized spacial score (nSPS) is 10.9. The molecule has 0 radical (unpaired) electrons. The number of carbonyl (C=O) groups is 2. The number of esters is 1. The molecule has 0 saturated carbocycles. The number of halogens is 2. The predicted molar refractivity (Wildman–Crippen MR) is 127 cm³/mol. The van der Waals surface area contributed by atoms with Gasteiger partial charge >= 0.3 is 5.97 Å². The van der Waals surface area contributed by atoms with Crippen LogP contribution in [0.1, 0.15) is 26.3 Å². The summed E-state index contributed by atoms with van der Waals surface area (Å²) < 4.78 is 5.48. The molecule has 5 nitrogen and oxygen atoms in total. The second-order valence-electron chi connectivity index (χ2n) is 6.78. The minimum atomic E-state index is -0.618. The van der Waals surface area contributed by atoms with Gasteiger partial charge in [0.05, 0.1) is 16.8 Å². The summed E-state index contributed by atoms with van der Waals surface area (Å²) in [6, 6.07) is 24.3. The lowest BCUT2D eigenvalue weighted by atomic mass is 10.0. The van der Waals surface area contributed by atoms with Gasteiger partial charge in [-0.1, -0.05) is 71.7 Å². The van der Waals surface area contributed by atoms with Gasteiger partial charge in [0.15, 0.2) is 0 Å². The Morgan fingerprint density at radius 2 is 1.56 bits per heavy atom. The fraction of sp³-hybridized carbons (Fsp3) is 0. The van der Waals surface area contributed by atoms with Gasteiger partial charge < -0.3 is 4.74 Å². The maximum Gasteiger partial charge on any atom is 0.345 e. The Morgan fingerprint density at radius 1 is 0.844 bits per heavy atom. The Kier molecular flexibility index (Phi) is 6.50. The zero-order valence-corrected chi connectivity index (χ0v) is 18.1.